The van der Waals surface area contributed by atoms with Crippen LogP contribution >= 0.6 is 0 Å². The minimum Gasteiger partial charge on any atom is -0.490 e. The standard InChI is InChI=1S/C17H25NO2/c1-2-19-16-10-4-5-11-17(16)20-15-9-8-14-18-12-6-3-7-13-18/h4-5,8-11H,2-3,6-7,12-15H2,1H3/b9-8+. The van der Waals surface area contributed by atoms with Crippen LogP contribution in [-0.4, -0.2) is 37.7 Å². The van der Waals surface area contributed by atoms with Crippen molar-refractivity contribution in [1.29, 1.82) is 0 Å². The summed E-state index contributed by atoms with van der Waals surface area (Å²) in [6.45, 7) is 6.74. The lowest BCUT2D eigenvalue weighted by Crippen LogP contribution is -2.29. The average molecular weight is 275 g/mol. The Bertz CT molecular complexity index is 411. The Morgan fingerprint density at radius 3 is 2.40 bits per heavy atom. The predicted octanol–water partition coefficient (Wildman–Crippen LogP) is 3.51. The van der Waals surface area contributed by atoms with Gasteiger partial charge in [-0.15, -0.1) is 0 Å². The molecule has 20 heavy (non-hydrogen) atoms. The predicted molar refractivity (Wildman–Crippen MR) is 82.5 cm³/mol. The quantitative estimate of drug-likeness (QED) is 0.711. The van der Waals surface area contributed by atoms with Crippen molar-refractivity contribution in [2.75, 3.05) is 32.8 Å². The molecule has 1 aliphatic rings. The van der Waals surface area contributed by atoms with E-state index in [4.69, 9.17) is 9.47 Å². The van der Waals surface area contributed by atoms with Crippen molar-refractivity contribution in [1.82, 2.24) is 4.90 Å². The first-order chi connectivity index (χ1) is 9.90. The molecule has 3 heteroatoms. The largest absolute Gasteiger partial charge is 0.490 e. The van der Waals surface area contributed by atoms with E-state index in [0.29, 0.717) is 13.2 Å². The number of benzene rings is 1. The summed E-state index contributed by atoms with van der Waals surface area (Å²) in [5.41, 5.74) is 0. The fourth-order valence-corrected chi connectivity index (χ4v) is 2.42. The molecule has 0 amide bonds. The molecule has 0 atom stereocenters. The van der Waals surface area contributed by atoms with Gasteiger partial charge in [0.25, 0.3) is 0 Å². The van der Waals surface area contributed by atoms with E-state index in [2.05, 4.69) is 17.1 Å². The number of rotatable bonds is 7. The molecule has 0 N–H and O–H groups in total. The Labute approximate surface area is 122 Å². The number of ether oxygens (including phenoxy) is 2. The van der Waals surface area contributed by atoms with Gasteiger partial charge in [0.1, 0.15) is 6.61 Å². The van der Waals surface area contributed by atoms with E-state index in [1.165, 1.54) is 32.4 Å². The van der Waals surface area contributed by atoms with Crippen LogP contribution in [0.25, 0.3) is 0 Å². The summed E-state index contributed by atoms with van der Waals surface area (Å²) in [4.78, 5) is 2.49. The molecule has 1 aromatic rings. The van der Waals surface area contributed by atoms with Gasteiger partial charge >= 0.3 is 0 Å². The molecule has 1 saturated heterocycles. The lowest BCUT2D eigenvalue weighted by Gasteiger charge is -2.24. The summed E-state index contributed by atoms with van der Waals surface area (Å²) in [5.74, 6) is 1.64. The van der Waals surface area contributed by atoms with Crippen molar-refractivity contribution < 1.29 is 9.47 Å². The van der Waals surface area contributed by atoms with Crippen LogP contribution in [0, 0.1) is 0 Å². The molecule has 3 nitrogen and oxygen atoms in total. The van der Waals surface area contributed by atoms with Crippen molar-refractivity contribution in [2.45, 2.75) is 26.2 Å². The molecule has 0 spiro atoms. The van der Waals surface area contributed by atoms with Gasteiger partial charge in [0, 0.05) is 6.54 Å². The third-order valence-electron chi connectivity index (χ3n) is 3.46. The van der Waals surface area contributed by atoms with Crippen LogP contribution in [-0.2, 0) is 0 Å². The molecule has 0 radical (unpaired) electrons. The zero-order valence-electron chi connectivity index (χ0n) is 12.4. The van der Waals surface area contributed by atoms with Crippen molar-refractivity contribution in [3.8, 4) is 11.5 Å². The molecule has 0 aliphatic carbocycles. The first-order valence-electron chi connectivity index (χ1n) is 7.62. The summed E-state index contributed by atoms with van der Waals surface area (Å²) in [7, 11) is 0. The molecule has 0 bridgehead atoms. The number of piperidine rings is 1. The van der Waals surface area contributed by atoms with Gasteiger partial charge in [-0.25, -0.2) is 0 Å². The second-order valence-corrected chi connectivity index (χ2v) is 5.02. The van der Waals surface area contributed by atoms with E-state index in [-0.39, 0.29) is 0 Å². The molecular weight excluding hydrogens is 250 g/mol. The van der Waals surface area contributed by atoms with Gasteiger partial charge in [0.05, 0.1) is 6.61 Å². The van der Waals surface area contributed by atoms with E-state index in [9.17, 15) is 0 Å². The zero-order chi connectivity index (χ0) is 14.0. The van der Waals surface area contributed by atoms with Crippen molar-refractivity contribution in [2.24, 2.45) is 0 Å². The minimum absolute atomic E-state index is 0.595. The third kappa shape index (κ3) is 4.89. The first kappa shape index (κ1) is 14.9. The second-order valence-electron chi connectivity index (χ2n) is 5.02. The topological polar surface area (TPSA) is 21.7 Å². The number of hydrogen-bond donors (Lipinski definition) is 0. The Kier molecular flexibility index (Phi) is 6.45. The van der Waals surface area contributed by atoms with Gasteiger partial charge < -0.3 is 9.47 Å². The zero-order valence-corrected chi connectivity index (χ0v) is 12.4. The van der Waals surface area contributed by atoms with E-state index in [1.54, 1.807) is 0 Å². The number of hydrogen-bond acceptors (Lipinski definition) is 3. The highest BCUT2D eigenvalue weighted by atomic mass is 16.5. The molecule has 2 rings (SSSR count). The van der Waals surface area contributed by atoms with E-state index >= 15 is 0 Å². The van der Waals surface area contributed by atoms with E-state index in [0.717, 1.165) is 18.0 Å². The minimum atomic E-state index is 0.595. The van der Waals surface area contributed by atoms with Crippen LogP contribution in [0.1, 0.15) is 26.2 Å². The van der Waals surface area contributed by atoms with Gasteiger partial charge in [-0.05, 0) is 45.0 Å². The summed E-state index contributed by atoms with van der Waals surface area (Å²) in [6.07, 6.45) is 8.36. The molecule has 1 fully saturated rings. The van der Waals surface area contributed by atoms with Gasteiger partial charge in [0.2, 0.25) is 0 Å². The fraction of sp³-hybridized carbons (Fsp3) is 0.529. The Morgan fingerprint density at radius 2 is 1.70 bits per heavy atom. The average Bonchev–Trinajstić information content (AvgIpc) is 2.50. The SMILES string of the molecule is CCOc1ccccc1OC/C=C/CN1CCCCC1. The highest BCUT2D eigenvalue weighted by Crippen LogP contribution is 2.26. The van der Waals surface area contributed by atoms with Crippen molar-refractivity contribution in [3.05, 3.63) is 36.4 Å². The van der Waals surface area contributed by atoms with Crippen molar-refractivity contribution in [3.63, 3.8) is 0 Å². The molecular formula is C17H25NO2. The summed E-state index contributed by atoms with van der Waals surface area (Å²) < 4.78 is 11.3. The van der Waals surface area contributed by atoms with Gasteiger partial charge in [-0.3, -0.25) is 4.90 Å². The molecule has 1 aliphatic heterocycles. The number of nitrogens with zero attached hydrogens (tertiary/aromatic N) is 1. The maximum absolute atomic E-state index is 5.75. The maximum atomic E-state index is 5.75. The summed E-state index contributed by atoms with van der Waals surface area (Å²) >= 11 is 0. The molecule has 1 aromatic carbocycles. The summed E-state index contributed by atoms with van der Waals surface area (Å²) in [6, 6.07) is 7.82. The molecule has 110 valence electrons. The van der Waals surface area contributed by atoms with E-state index in [1.807, 2.05) is 31.2 Å². The third-order valence-corrected chi connectivity index (χ3v) is 3.46. The monoisotopic (exact) mass is 275 g/mol. The smallest absolute Gasteiger partial charge is 0.161 e. The second kappa shape index (κ2) is 8.64. The molecule has 0 saturated carbocycles. The van der Waals surface area contributed by atoms with Gasteiger partial charge in [-0.1, -0.05) is 30.7 Å². The molecule has 0 unspecified atom stereocenters. The van der Waals surface area contributed by atoms with Crippen LogP contribution in [0.2, 0.25) is 0 Å². The Hall–Kier alpha value is -1.48. The summed E-state index contributed by atoms with van der Waals surface area (Å²) in [5, 5.41) is 0. The Balaban J connectivity index is 1.72. The van der Waals surface area contributed by atoms with Crippen LogP contribution < -0.4 is 9.47 Å². The molecule has 0 aromatic heterocycles. The number of para-hydroxylation sites is 2. The lowest BCUT2D eigenvalue weighted by molar-refractivity contribution is 0.250. The lowest BCUT2D eigenvalue weighted by atomic mass is 10.1. The van der Waals surface area contributed by atoms with Crippen LogP contribution in [0.15, 0.2) is 36.4 Å². The first-order valence-corrected chi connectivity index (χ1v) is 7.62. The van der Waals surface area contributed by atoms with Crippen LogP contribution in [0.3, 0.4) is 0 Å². The van der Waals surface area contributed by atoms with Gasteiger partial charge in [0.15, 0.2) is 11.5 Å². The normalized spacial score (nSPS) is 16.4. The Morgan fingerprint density at radius 1 is 1.00 bits per heavy atom. The van der Waals surface area contributed by atoms with E-state index < -0.39 is 0 Å². The van der Waals surface area contributed by atoms with Gasteiger partial charge in [-0.2, -0.15) is 0 Å². The van der Waals surface area contributed by atoms with Crippen LogP contribution in [0.4, 0.5) is 0 Å². The fourth-order valence-electron chi connectivity index (χ4n) is 2.42. The van der Waals surface area contributed by atoms with Crippen LogP contribution in [0.5, 0.6) is 11.5 Å². The number of likely N-dealkylation sites (tertiary alicyclic amines) is 1. The molecule has 1 heterocycles. The maximum Gasteiger partial charge on any atom is 0.161 e. The highest BCUT2D eigenvalue weighted by molar-refractivity contribution is 5.39. The highest BCUT2D eigenvalue weighted by Gasteiger charge is 2.07. The van der Waals surface area contributed by atoms with Crippen molar-refractivity contribution >= 4 is 0 Å².